The lowest BCUT2D eigenvalue weighted by atomic mass is 10.2. The summed E-state index contributed by atoms with van der Waals surface area (Å²) in [5.74, 6) is -0.583. The SMILES string of the molecule is CC(O)CC(=O)Nc1ccc(C(=O)Nc2ccc(Cl)nc2)cc1. The van der Waals surface area contributed by atoms with Crippen molar-refractivity contribution in [2.45, 2.75) is 19.4 Å². The van der Waals surface area contributed by atoms with Crippen LogP contribution in [0.1, 0.15) is 23.7 Å². The summed E-state index contributed by atoms with van der Waals surface area (Å²) < 4.78 is 0. The molecule has 0 saturated heterocycles. The minimum Gasteiger partial charge on any atom is -0.393 e. The highest BCUT2D eigenvalue weighted by Crippen LogP contribution is 2.14. The molecule has 1 heterocycles. The highest BCUT2D eigenvalue weighted by molar-refractivity contribution is 6.29. The average molecular weight is 334 g/mol. The number of carbonyl (C=O) groups excluding carboxylic acids is 2. The molecule has 1 unspecified atom stereocenters. The zero-order chi connectivity index (χ0) is 16.8. The summed E-state index contributed by atoms with van der Waals surface area (Å²) >= 11 is 5.68. The molecule has 2 amide bonds. The fourth-order valence-electron chi connectivity index (χ4n) is 1.84. The van der Waals surface area contributed by atoms with Gasteiger partial charge < -0.3 is 15.7 Å². The molecule has 0 aliphatic heterocycles. The minimum absolute atomic E-state index is 0.0196. The zero-order valence-corrected chi connectivity index (χ0v) is 13.2. The number of aromatic nitrogens is 1. The number of hydrogen-bond acceptors (Lipinski definition) is 4. The van der Waals surface area contributed by atoms with Gasteiger partial charge in [-0.1, -0.05) is 11.6 Å². The van der Waals surface area contributed by atoms with E-state index in [0.29, 0.717) is 22.1 Å². The van der Waals surface area contributed by atoms with Crippen LogP contribution in [0.25, 0.3) is 0 Å². The average Bonchev–Trinajstić information content (AvgIpc) is 2.49. The Morgan fingerprint density at radius 1 is 1.13 bits per heavy atom. The van der Waals surface area contributed by atoms with Gasteiger partial charge in [0.1, 0.15) is 5.15 Å². The highest BCUT2D eigenvalue weighted by Gasteiger charge is 2.09. The maximum atomic E-state index is 12.1. The summed E-state index contributed by atoms with van der Waals surface area (Å²) in [6.07, 6.45) is 0.782. The number of nitrogens with one attached hydrogen (secondary N) is 2. The van der Waals surface area contributed by atoms with Crippen LogP contribution in [0.5, 0.6) is 0 Å². The van der Waals surface area contributed by atoms with Crippen molar-refractivity contribution >= 4 is 34.8 Å². The van der Waals surface area contributed by atoms with Crippen LogP contribution in [-0.4, -0.2) is 28.0 Å². The van der Waals surface area contributed by atoms with E-state index in [0.717, 1.165) is 0 Å². The van der Waals surface area contributed by atoms with Crippen LogP contribution in [-0.2, 0) is 4.79 Å². The van der Waals surface area contributed by atoms with Crippen molar-refractivity contribution in [1.29, 1.82) is 0 Å². The third-order valence-electron chi connectivity index (χ3n) is 2.90. The Morgan fingerprint density at radius 2 is 1.78 bits per heavy atom. The fraction of sp³-hybridized carbons (Fsp3) is 0.188. The maximum Gasteiger partial charge on any atom is 0.255 e. The first-order valence-corrected chi connectivity index (χ1v) is 7.33. The minimum atomic E-state index is -0.701. The Bertz CT molecular complexity index is 685. The van der Waals surface area contributed by atoms with Crippen LogP contribution >= 0.6 is 11.6 Å². The van der Waals surface area contributed by atoms with Crippen molar-refractivity contribution in [2.24, 2.45) is 0 Å². The van der Waals surface area contributed by atoms with E-state index >= 15 is 0 Å². The number of benzene rings is 1. The normalized spacial score (nSPS) is 11.6. The molecule has 0 radical (unpaired) electrons. The second-order valence-electron chi connectivity index (χ2n) is 5.00. The number of halogens is 1. The summed E-state index contributed by atoms with van der Waals surface area (Å²) in [6, 6.07) is 9.66. The van der Waals surface area contributed by atoms with Crippen LogP contribution < -0.4 is 10.6 Å². The molecular formula is C16H16ClN3O3. The van der Waals surface area contributed by atoms with E-state index in [1.165, 1.54) is 6.20 Å². The zero-order valence-electron chi connectivity index (χ0n) is 12.4. The molecule has 0 spiro atoms. The topological polar surface area (TPSA) is 91.3 Å². The van der Waals surface area contributed by atoms with Crippen LogP contribution in [0.2, 0.25) is 5.15 Å². The molecule has 0 bridgehead atoms. The molecule has 0 saturated carbocycles. The molecule has 1 atom stereocenters. The van der Waals surface area contributed by atoms with E-state index in [-0.39, 0.29) is 18.2 Å². The van der Waals surface area contributed by atoms with Gasteiger partial charge in [-0.05, 0) is 43.3 Å². The van der Waals surface area contributed by atoms with Gasteiger partial charge in [0, 0.05) is 11.3 Å². The second kappa shape index (κ2) is 7.71. The first kappa shape index (κ1) is 16.9. The Kier molecular flexibility index (Phi) is 5.67. The molecule has 23 heavy (non-hydrogen) atoms. The van der Waals surface area contributed by atoms with Gasteiger partial charge in [0.2, 0.25) is 5.91 Å². The summed E-state index contributed by atoms with van der Waals surface area (Å²) in [7, 11) is 0. The van der Waals surface area contributed by atoms with E-state index in [9.17, 15) is 9.59 Å². The summed E-state index contributed by atoms with van der Waals surface area (Å²) in [5, 5.41) is 14.8. The molecular weight excluding hydrogens is 318 g/mol. The van der Waals surface area contributed by atoms with Gasteiger partial charge in [0.25, 0.3) is 5.91 Å². The van der Waals surface area contributed by atoms with Crippen molar-refractivity contribution in [2.75, 3.05) is 10.6 Å². The first-order chi connectivity index (χ1) is 10.9. The van der Waals surface area contributed by atoms with Crippen LogP contribution in [0, 0.1) is 0 Å². The third kappa shape index (κ3) is 5.36. The number of rotatable bonds is 5. The lowest BCUT2D eigenvalue weighted by molar-refractivity contribution is -0.117. The van der Waals surface area contributed by atoms with E-state index in [4.69, 9.17) is 16.7 Å². The van der Waals surface area contributed by atoms with Gasteiger partial charge in [-0.25, -0.2) is 4.98 Å². The largest absolute Gasteiger partial charge is 0.393 e. The number of hydrogen-bond donors (Lipinski definition) is 3. The fourth-order valence-corrected chi connectivity index (χ4v) is 1.95. The van der Waals surface area contributed by atoms with Crippen LogP contribution in [0.4, 0.5) is 11.4 Å². The lowest BCUT2D eigenvalue weighted by Crippen LogP contribution is -2.17. The van der Waals surface area contributed by atoms with Crippen LogP contribution in [0.3, 0.4) is 0 Å². The molecule has 7 heteroatoms. The number of aliphatic hydroxyl groups excluding tert-OH is 1. The number of aliphatic hydroxyl groups is 1. The van der Waals surface area contributed by atoms with Gasteiger partial charge in [-0.2, -0.15) is 0 Å². The second-order valence-corrected chi connectivity index (χ2v) is 5.39. The molecule has 2 rings (SSSR count). The maximum absolute atomic E-state index is 12.1. The van der Waals surface area contributed by atoms with Gasteiger partial charge in [-0.15, -0.1) is 0 Å². The molecule has 120 valence electrons. The smallest absolute Gasteiger partial charge is 0.255 e. The van der Waals surface area contributed by atoms with Crippen molar-refractivity contribution in [3.05, 3.63) is 53.3 Å². The van der Waals surface area contributed by atoms with Gasteiger partial charge in [-0.3, -0.25) is 9.59 Å². The Balaban J connectivity index is 1.97. The van der Waals surface area contributed by atoms with Crippen molar-refractivity contribution in [3.63, 3.8) is 0 Å². The quantitative estimate of drug-likeness (QED) is 0.734. The monoisotopic (exact) mass is 333 g/mol. The highest BCUT2D eigenvalue weighted by atomic mass is 35.5. The summed E-state index contributed by atoms with van der Waals surface area (Å²) in [6.45, 7) is 1.54. The number of pyridine rings is 1. The van der Waals surface area contributed by atoms with Gasteiger partial charge in [0.05, 0.1) is 24.4 Å². The lowest BCUT2D eigenvalue weighted by Gasteiger charge is -2.08. The van der Waals surface area contributed by atoms with E-state index in [1.54, 1.807) is 43.3 Å². The molecule has 3 N–H and O–H groups in total. The summed E-state index contributed by atoms with van der Waals surface area (Å²) in [5.41, 5.74) is 1.53. The molecule has 1 aromatic carbocycles. The molecule has 0 fully saturated rings. The van der Waals surface area contributed by atoms with E-state index in [2.05, 4.69) is 15.6 Å². The van der Waals surface area contributed by atoms with Crippen molar-refractivity contribution in [1.82, 2.24) is 4.98 Å². The molecule has 6 nitrogen and oxygen atoms in total. The molecule has 1 aromatic heterocycles. The molecule has 2 aromatic rings. The summed E-state index contributed by atoms with van der Waals surface area (Å²) in [4.78, 5) is 27.5. The van der Waals surface area contributed by atoms with E-state index < -0.39 is 6.10 Å². The van der Waals surface area contributed by atoms with Gasteiger partial charge >= 0.3 is 0 Å². The Labute approximate surface area is 138 Å². The predicted molar refractivity (Wildman–Crippen MR) is 88.6 cm³/mol. The predicted octanol–water partition coefficient (Wildman–Crippen LogP) is 2.70. The van der Waals surface area contributed by atoms with Crippen LogP contribution in [0.15, 0.2) is 42.6 Å². The third-order valence-corrected chi connectivity index (χ3v) is 3.12. The first-order valence-electron chi connectivity index (χ1n) is 6.95. The van der Waals surface area contributed by atoms with Gasteiger partial charge in [0.15, 0.2) is 0 Å². The number of nitrogens with zero attached hydrogens (tertiary/aromatic N) is 1. The number of amides is 2. The number of carbonyl (C=O) groups is 2. The van der Waals surface area contributed by atoms with E-state index in [1.807, 2.05) is 0 Å². The molecule has 0 aliphatic rings. The van der Waals surface area contributed by atoms with Crippen molar-refractivity contribution in [3.8, 4) is 0 Å². The number of anilines is 2. The molecule has 0 aliphatic carbocycles. The standard InChI is InChI=1S/C16H16ClN3O3/c1-10(21)8-15(22)19-12-4-2-11(3-5-12)16(23)20-13-6-7-14(17)18-9-13/h2-7,9-10,21H,8H2,1H3,(H,19,22)(H,20,23). The van der Waals surface area contributed by atoms with Crippen molar-refractivity contribution < 1.29 is 14.7 Å². The Morgan fingerprint density at radius 3 is 2.35 bits per heavy atom. The Hall–Kier alpha value is -2.44.